The Balaban J connectivity index is 2.09. The van der Waals surface area contributed by atoms with Gasteiger partial charge in [-0.2, -0.15) is 9.97 Å². The lowest BCUT2D eigenvalue weighted by Gasteiger charge is -2.13. The van der Waals surface area contributed by atoms with Gasteiger partial charge in [-0.05, 0) is 36.8 Å². The number of hydrogen-bond acceptors (Lipinski definition) is 7. The van der Waals surface area contributed by atoms with Crippen molar-refractivity contribution in [3.8, 4) is 11.5 Å². The molecule has 7 heteroatoms. The van der Waals surface area contributed by atoms with Crippen molar-refractivity contribution in [1.82, 2.24) is 15.0 Å². The minimum absolute atomic E-state index is 0.120. The third-order valence-electron chi connectivity index (χ3n) is 3.90. The summed E-state index contributed by atoms with van der Waals surface area (Å²) in [4.78, 5) is 12.6. The predicted molar refractivity (Wildman–Crippen MR) is 93.2 cm³/mol. The molecule has 1 aromatic carbocycles. The van der Waals surface area contributed by atoms with Crippen LogP contribution in [0, 0.1) is 6.92 Å². The van der Waals surface area contributed by atoms with E-state index in [9.17, 15) is 0 Å². The number of anilines is 2. The lowest BCUT2D eigenvalue weighted by Crippen LogP contribution is -2.04. The molecule has 0 bridgehead atoms. The highest BCUT2D eigenvalue weighted by molar-refractivity contribution is 5.87. The number of methoxy groups -OCH3 is 2. The molecule has 2 heterocycles. The van der Waals surface area contributed by atoms with Crippen LogP contribution in [0.25, 0.3) is 11.0 Å². The van der Waals surface area contributed by atoms with Gasteiger partial charge in [0.15, 0.2) is 5.65 Å². The van der Waals surface area contributed by atoms with Crippen LogP contribution in [0.15, 0.2) is 24.3 Å². The summed E-state index contributed by atoms with van der Waals surface area (Å²) in [5.41, 5.74) is 14.9. The number of aryl methyl sites for hydroxylation is 1. The monoisotopic (exact) mass is 325 g/mol. The van der Waals surface area contributed by atoms with Crippen molar-refractivity contribution < 1.29 is 9.47 Å². The summed E-state index contributed by atoms with van der Waals surface area (Å²) in [6.45, 7) is 1.93. The zero-order valence-corrected chi connectivity index (χ0v) is 13.8. The van der Waals surface area contributed by atoms with E-state index in [-0.39, 0.29) is 5.95 Å². The fourth-order valence-electron chi connectivity index (χ4n) is 2.63. The van der Waals surface area contributed by atoms with Crippen molar-refractivity contribution in [3.05, 3.63) is 41.1 Å². The van der Waals surface area contributed by atoms with E-state index in [0.29, 0.717) is 23.3 Å². The van der Waals surface area contributed by atoms with Crippen molar-refractivity contribution in [2.24, 2.45) is 0 Å². The van der Waals surface area contributed by atoms with Gasteiger partial charge in [-0.3, -0.25) is 0 Å². The number of hydrogen-bond donors (Lipinski definition) is 2. The first-order chi connectivity index (χ1) is 11.5. The molecule has 0 saturated heterocycles. The zero-order valence-electron chi connectivity index (χ0n) is 13.8. The van der Waals surface area contributed by atoms with Crippen LogP contribution in [0.4, 0.5) is 11.8 Å². The number of pyridine rings is 1. The van der Waals surface area contributed by atoms with E-state index in [4.69, 9.17) is 20.9 Å². The quantitative estimate of drug-likeness (QED) is 0.756. The van der Waals surface area contributed by atoms with E-state index in [1.807, 2.05) is 31.2 Å². The molecule has 4 N–H and O–H groups in total. The first-order valence-electron chi connectivity index (χ1n) is 7.42. The van der Waals surface area contributed by atoms with Gasteiger partial charge >= 0.3 is 0 Å². The van der Waals surface area contributed by atoms with Crippen molar-refractivity contribution in [2.75, 3.05) is 25.7 Å². The molecule has 0 amide bonds. The molecule has 3 rings (SSSR count). The molecule has 0 radical (unpaired) electrons. The van der Waals surface area contributed by atoms with E-state index in [0.717, 1.165) is 28.3 Å². The van der Waals surface area contributed by atoms with Crippen LogP contribution in [0.5, 0.6) is 11.5 Å². The second-order valence-corrected chi connectivity index (χ2v) is 5.43. The Morgan fingerprint density at radius 1 is 0.958 bits per heavy atom. The molecule has 0 aliphatic heterocycles. The highest BCUT2D eigenvalue weighted by Gasteiger charge is 2.12. The summed E-state index contributed by atoms with van der Waals surface area (Å²) in [7, 11) is 3.28. The van der Waals surface area contributed by atoms with E-state index < -0.39 is 0 Å². The van der Waals surface area contributed by atoms with Gasteiger partial charge in [-0.1, -0.05) is 0 Å². The van der Waals surface area contributed by atoms with Crippen LogP contribution in [0.3, 0.4) is 0 Å². The van der Waals surface area contributed by atoms with E-state index >= 15 is 0 Å². The Morgan fingerprint density at radius 2 is 1.75 bits per heavy atom. The largest absolute Gasteiger partial charge is 0.497 e. The summed E-state index contributed by atoms with van der Waals surface area (Å²) < 4.78 is 10.7. The molecule has 0 unspecified atom stereocenters. The number of rotatable bonds is 4. The van der Waals surface area contributed by atoms with Crippen molar-refractivity contribution in [1.29, 1.82) is 0 Å². The third-order valence-corrected chi connectivity index (χ3v) is 3.90. The Hall–Kier alpha value is -3.09. The SMILES string of the molecule is COc1ccc(OC)c(Cc2cc3c(N)nc(N)nc3nc2C)c1. The van der Waals surface area contributed by atoms with Gasteiger partial charge in [0.2, 0.25) is 5.95 Å². The molecule has 0 fully saturated rings. The summed E-state index contributed by atoms with van der Waals surface area (Å²) in [5.74, 6) is 2.00. The van der Waals surface area contributed by atoms with Gasteiger partial charge in [-0.25, -0.2) is 4.98 Å². The second-order valence-electron chi connectivity index (χ2n) is 5.43. The molecule has 3 aromatic rings. The fraction of sp³-hybridized carbons (Fsp3) is 0.235. The molecule has 0 aliphatic rings. The topological polar surface area (TPSA) is 109 Å². The van der Waals surface area contributed by atoms with Crippen molar-refractivity contribution >= 4 is 22.8 Å². The van der Waals surface area contributed by atoms with Gasteiger partial charge in [0.05, 0.1) is 19.6 Å². The van der Waals surface area contributed by atoms with Crippen LogP contribution in [0.2, 0.25) is 0 Å². The average Bonchev–Trinajstić information content (AvgIpc) is 2.56. The number of nitrogens with zero attached hydrogens (tertiary/aromatic N) is 3. The van der Waals surface area contributed by atoms with E-state index in [1.54, 1.807) is 14.2 Å². The number of fused-ring (bicyclic) bond motifs is 1. The molecule has 0 spiro atoms. The molecule has 24 heavy (non-hydrogen) atoms. The minimum Gasteiger partial charge on any atom is -0.497 e. The summed E-state index contributed by atoms with van der Waals surface area (Å²) >= 11 is 0. The molecule has 124 valence electrons. The first kappa shape index (κ1) is 15.8. The van der Waals surface area contributed by atoms with Crippen LogP contribution in [-0.4, -0.2) is 29.2 Å². The molecule has 0 aliphatic carbocycles. The number of nitrogen functional groups attached to an aromatic ring is 2. The number of benzene rings is 1. The van der Waals surface area contributed by atoms with Gasteiger partial charge in [-0.15, -0.1) is 0 Å². The smallest absolute Gasteiger partial charge is 0.224 e. The number of aromatic nitrogens is 3. The van der Waals surface area contributed by atoms with Crippen LogP contribution in [-0.2, 0) is 6.42 Å². The van der Waals surface area contributed by atoms with Crippen LogP contribution in [0.1, 0.15) is 16.8 Å². The molecular weight excluding hydrogens is 306 g/mol. The molecule has 0 atom stereocenters. The van der Waals surface area contributed by atoms with Gasteiger partial charge < -0.3 is 20.9 Å². The molecule has 7 nitrogen and oxygen atoms in total. The van der Waals surface area contributed by atoms with Crippen molar-refractivity contribution in [2.45, 2.75) is 13.3 Å². The first-order valence-corrected chi connectivity index (χ1v) is 7.42. The third kappa shape index (κ3) is 2.88. The predicted octanol–water partition coefficient (Wildman–Crippen LogP) is 2.11. The zero-order chi connectivity index (χ0) is 17.3. The summed E-state index contributed by atoms with van der Waals surface area (Å²) in [5, 5.41) is 0.687. The molecule has 2 aromatic heterocycles. The molecule has 0 saturated carbocycles. The average molecular weight is 325 g/mol. The van der Waals surface area contributed by atoms with Gasteiger partial charge in [0, 0.05) is 17.7 Å². The number of nitrogens with two attached hydrogens (primary N) is 2. The Morgan fingerprint density at radius 3 is 2.46 bits per heavy atom. The second kappa shape index (κ2) is 6.19. The maximum Gasteiger partial charge on any atom is 0.224 e. The molecular formula is C17H19N5O2. The normalized spacial score (nSPS) is 10.8. The minimum atomic E-state index is 0.120. The standard InChI is InChI=1S/C17H19N5O2/c1-9-10(6-11-7-12(23-2)4-5-14(11)24-3)8-13-15(18)21-17(19)22-16(13)20-9/h4-5,7-8H,6H2,1-3H3,(H4,18,19,20,21,22). The highest BCUT2D eigenvalue weighted by atomic mass is 16.5. The lowest BCUT2D eigenvalue weighted by molar-refractivity contribution is 0.399. The van der Waals surface area contributed by atoms with Gasteiger partial charge in [0.25, 0.3) is 0 Å². The summed E-state index contributed by atoms with van der Waals surface area (Å²) in [6.07, 6.45) is 0.624. The number of ether oxygens (including phenoxy) is 2. The van der Waals surface area contributed by atoms with Crippen LogP contribution < -0.4 is 20.9 Å². The Labute approximate surface area is 139 Å². The summed E-state index contributed by atoms with van der Waals surface area (Å²) in [6, 6.07) is 7.65. The lowest BCUT2D eigenvalue weighted by atomic mass is 10.0. The van der Waals surface area contributed by atoms with Crippen molar-refractivity contribution in [3.63, 3.8) is 0 Å². The highest BCUT2D eigenvalue weighted by Crippen LogP contribution is 2.28. The van der Waals surface area contributed by atoms with E-state index in [2.05, 4.69) is 15.0 Å². The fourth-order valence-corrected chi connectivity index (χ4v) is 2.63. The maximum absolute atomic E-state index is 5.96. The van der Waals surface area contributed by atoms with E-state index in [1.165, 1.54) is 0 Å². The Kier molecular flexibility index (Phi) is 4.07. The van der Waals surface area contributed by atoms with Gasteiger partial charge in [0.1, 0.15) is 17.3 Å². The maximum atomic E-state index is 5.96. The van der Waals surface area contributed by atoms with Crippen LogP contribution >= 0.6 is 0 Å². The Bertz CT molecular complexity index is 911.